The number of ketones is 1. The van der Waals surface area contributed by atoms with E-state index < -0.39 is 36.3 Å². The van der Waals surface area contributed by atoms with Crippen molar-refractivity contribution in [2.45, 2.75) is 12.8 Å². The van der Waals surface area contributed by atoms with Gasteiger partial charge in [0.25, 0.3) is 5.91 Å². The number of aryl methyl sites for hydroxylation is 1. The molecule has 1 atom stereocenters. The summed E-state index contributed by atoms with van der Waals surface area (Å²) in [7, 11) is 0. The normalized spacial score (nSPS) is 17.8. The lowest BCUT2D eigenvalue weighted by molar-refractivity contribution is -0.150. The van der Waals surface area contributed by atoms with Gasteiger partial charge in [-0.2, -0.15) is 0 Å². The summed E-state index contributed by atoms with van der Waals surface area (Å²) in [6.07, 6.45) is 0.402. The van der Waals surface area contributed by atoms with Crippen molar-refractivity contribution in [1.82, 2.24) is 10.2 Å². The lowest BCUT2D eigenvalue weighted by atomic mass is 9.95. The van der Waals surface area contributed by atoms with Crippen molar-refractivity contribution in [2.24, 2.45) is 5.92 Å². The predicted octanol–water partition coefficient (Wildman–Crippen LogP) is -0.151. The van der Waals surface area contributed by atoms with Crippen LogP contribution in [0.25, 0.3) is 0 Å². The van der Waals surface area contributed by atoms with Crippen molar-refractivity contribution in [3.05, 3.63) is 35.9 Å². The fourth-order valence-electron chi connectivity index (χ4n) is 2.30. The number of barbiturate groups is 1. The number of amides is 4. The summed E-state index contributed by atoms with van der Waals surface area (Å²) in [5, 5.41) is 10.6. The number of hydrogen-bond donors (Lipinski definition) is 2. The van der Waals surface area contributed by atoms with Crippen LogP contribution in [0, 0.1) is 5.92 Å². The van der Waals surface area contributed by atoms with Crippen LogP contribution < -0.4 is 5.32 Å². The minimum absolute atomic E-state index is 0.00731. The maximum absolute atomic E-state index is 12.3. The quantitative estimate of drug-likeness (QED) is 0.505. The van der Waals surface area contributed by atoms with Crippen molar-refractivity contribution in [3.8, 4) is 0 Å². The number of rotatable bonds is 8. The Morgan fingerprint density at radius 1 is 1.21 bits per heavy atom. The summed E-state index contributed by atoms with van der Waals surface area (Å²) in [6, 6.07) is 8.26. The minimum Gasteiger partial charge on any atom is -0.394 e. The fraction of sp³-hybridized carbons (Fsp3) is 0.375. The molecule has 1 unspecified atom stereocenters. The number of carbonyl (C=O) groups is 4. The Labute approximate surface area is 138 Å². The molecule has 0 bridgehead atoms. The molecule has 0 saturated carbocycles. The van der Waals surface area contributed by atoms with Crippen LogP contribution in [0.2, 0.25) is 0 Å². The second-order valence-corrected chi connectivity index (χ2v) is 5.21. The Balaban J connectivity index is 2.01. The van der Waals surface area contributed by atoms with Crippen LogP contribution >= 0.6 is 0 Å². The number of hydrogen-bond acceptors (Lipinski definition) is 6. The Kier molecular flexibility index (Phi) is 6.16. The Bertz CT molecular complexity index is 631. The highest BCUT2D eigenvalue weighted by Crippen LogP contribution is 2.15. The van der Waals surface area contributed by atoms with Crippen LogP contribution in [0.1, 0.15) is 12.0 Å². The van der Waals surface area contributed by atoms with E-state index in [0.29, 0.717) is 11.3 Å². The van der Waals surface area contributed by atoms with Gasteiger partial charge in [0.2, 0.25) is 5.91 Å². The summed E-state index contributed by atoms with van der Waals surface area (Å²) in [5.74, 6) is -3.92. The number of nitrogens with zero attached hydrogens (tertiary/aromatic N) is 1. The number of aliphatic hydroxyl groups is 1. The predicted molar refractivity (Wildman–Crippen MR) is 81.5 cm³/mol. The van der Waals surface area contributed by atoms with Gasteiger partial charge in [0, 0.05) is 6.42 Å². The van der Waals surface area contributed by atoms with Crippen LogP contribution in [-0.2, 0) is 25.5 Å². The van der Waals surface area contributed by atoms with Gasteiger partial charge < -0.3 is 9.84 Å². The topological polar surface area (TPSA) is 113 Å². The zero-order valence-electron chi connectivity index (χ0n) is 12.9. The van der Waals surface area contributed by atoms with Crippen LogP contribution in [0.3, 0.4) is 0 Å². The first-order chi connectivity index (χ1) is 11.5. The van der Waals surface area contributed by atoms with E-state index in [1.807, 2.05) is 35.6 Å². The largest absolute Gasteiger partial charge is 0.394 e. The molecule has 8 nitrogen and oxygen atoms in total. The SMILES string of the molecule is O=C(CCc1ccccc1)C1C(=O)NC(=O)N(COCCO)C1=O. The standard InChI is InChI=1S/C16H18N2O6/c19-8-9-24-10-18-15(22)13(14(21)17-16(18)23)12(20)7-6-11-4-2-1-3-5-11/h1-5,13,19H,6-10H2,(H,17,21,23). The second kappa shape index (κ2) is 8.32. The van der Waals surface area contributed by atoms with Gasteiger partial charge in [-0.1, -0.05) is 30.3 Å². The van der Waals surface area contributed by atoms with Gasteiger partial charge >= 0.3 is 6.03 Å². The first-order valence-corrected chi connectivity index (χ1v) is 7.46. The molecule has 0 aromatic heterocycles. The van der Waals surface area contributed by atoms with Crippen LogP contribution in [0.4, 0.5) is 4.79 Å². The molecule has 1 heterocycles. The highest BCUT2D eigenvalue weighted by Gasteiger charge is 2.44. The van der Waals surface area contributed by atoms with E-state index in [0.717, 1.165) is 5.56 Å². The third-order valence-electron chi connectivity index (χ3n) is 3.53. The molecule has 8 heteroatoms. The monoisotopic (exact) mass is 334 g/mol. The van der Waals surface area contributed by atoms with E-state index in [1.54, 1.807) is 0 Å². The van der Waals surface area contributed by atoms with Crippen molar-refractivity contribution in [3.63, 3.8) is 0 Å². The molecular weight excluding hydrogens is 316 g/mol. The number of Topliss-reactive ketones (excluding diaryl/α,β-unsaturated/α-hetero) is 1. The fourth-order valence-corrected chi connectivity index (χ4v) is 2.30. The van der Waals surface area contributed by atoms with E-state index in [-0.39, 0.29) is 19.6 Å². The highest BCUT2D eigenvalue weighted by molar-refractivity contribution is 6.26. The summed E-state index contributed by atoms with van der Waals surface area (Å²) < 4.78 is 4.93. The summed E-state index contributed by atoms with van der Waals surface area (Å²) >= 11 is 0. The van der Waals surface area contributed by atoms with Gasteiger partial charge in [-0.05, 0) is 12.0 Å². The van der Waals surface area contributed by atoms with Crippen LogP contribution in [0.5, 0.6) is 0 Å². The second-order valence-electron chi connectivity index (χ2n) is 5.21. The third kappa shape index (κ3) is 4.24. The molecule has 0 aliphatic carbocycles. The molecule has 0 spiro atoms. The number of aliphatic hydroxyl groups excluding tert-OH is 1. The molecule has 1 fully saturated rings. The smallest absolute Gasteiger partial charge is 0.332 e. The van der Waals surface area contributed by atoms with E-state index >= 15 is 0 Å². The number of carbonyl (C=O) groups excluding carboxylic acids is 4. The molecule has 0 radical (unpaired) electrons. The van der Waals surface area contributed by atoms with E-state index in [1.165, 1.54) is 0 Å². The van der Waals surface area contributed by atoms with Gasteiger partial charge in [0.1, 0.15) is 6.73 Å². The molecule has 24 heavy (non-hydrogen) atoms. The summed E-state index contributed by atoms with van der Waals surface area (Å²) in [5.41, 5.74) is 0.911. The van der Waals surface area contributed by atoms with Crippen molar-refractivity contribution >= 4 is 23.6 Å². The number of nitrogens with one attached hydrogen (secondary N) is 1. The van der Waals surface area contributed by atoms with Crippen molar-refractivity contribution < 1.29 is 29.0 Å². The number of urea groups is 1. The number of benzene rings is 1. The maximum atomic E-state index is 12.3. The van der Waals surface area contributed by atoms with Crippen molar-refractivity contribution in [2.75, 3.05) is 19.9 Å². The zero-order chi connectivity index (χ0) is 17.5. The molecule has 1 aromatic carbocycles. The molecule has 4 amide bonds. The molecule has 1 aliphatic heterocycles. The number of ether oxygens (including phenoxy) is 1. The minimum atomic E-state index is -1.55. The Morgan fingerprint density at radius 3 is 2.58 bits per heavy atom. The first-order valence-electron chi connectivity index (χ1n) is 7.46. The molecule has 1 saturated heterocycles. The highest BCUT2D eigenvalue weighted by atomic mass is 16.5. The van der Waals surface area contributed by atoms with E-state index in [9.17, 15) is 19.2 Å². The molecule has 128 valence electrons. The average molecular weight is 334 g/mol. The van der Waals surface area contributed by atoms with Gasteiger partial charge in [0.15, 0.2) is 11.7 Å². The van der Waals surface area contributed by atoms with Crippen LogP contribution in [0.15, 0.2) is 30.3 Å². The summed E-state index contributed by atoms with van der Waals surface area (Å²) in [6.45, 7) is -0.777. The maximum Gasteiger partial charge on any atom is 0.332 e. The Morgan fingerprint density at radius 2 is 1.92 bits per heavy atom. The average Bonchev–Trinajstić information content (AvgIpc) is 2.56. The van der Waals surface area contributed by atoms with Crippen molar-refractivity contribution in [1.29, 1.82) is 0 Å². The van der Waals surface area contributed by atoms with E-state index in [2.05, 4.69) is 0 Å². The molecule has 2 N–H and O–H groups in total. The molecular formula is C16H18N2O6. The Hall–Kier alpha value is -2.58. The first kappa shape index (κ1) is 17.8. The third-order valence-corrected chi connectivity index (χ3v) is 3.53. The van der Waals surface area contributed by atoms with Crippen LogP contribution in [-0.4, -0.2) is 53.6 Å². The van der Waals surface area contributed by atoms with Gasteiger partial charge in [-0.3, -0.25) is 19.7 Å². The molecule has 1 aromatic rings. The van der Waals surface area contributed by atoms with Gasteiger partial charge in [0.05, 0.1) is 13.2 Å². The van der Waals surface area contributed by atoms with E-state index in [4.69, 9.17) is 9.84 Å². The van der Waals surface area contributed by atoms with Gasteiger partial charge in [-0.25, -0.2) is 9.69 Å². The lowest BCUT2D eigenvalue weighted by Crippen LogP contribution is -2.60. The molecule has 1 aliphatic rings. The summed E-state index contributed by atoms with van der Waals surface area (Å²) in [4.78, 5) is 48.7. The number of imide groups is 2. The van der Waals surface area contributed by atoms with Gasteiger partial charge in [-0.15, -0.1) is 0 Å². The lowest BCUT2D eigenvalue weighted by Gasteiger charge is -2.29. The molecule has 2 rings (SSSR count). The zero-order valence-corrected chi connectivity index (χ0v) is 12.9.